The molecule has 25 heavy (non-hydrogen) atoms. The minimum atomic E-state index is -2.99. The van der Waals surface area contributed by atoms with Crippen molar-refractivity contribution < 1.29 is 13.2 Å². The van der Waals surface area contributed by atoms with Gasteiger partial charge in [-0.15, -0.1) is 11.3 Å². The highest BCUT2D eigenvalue weighted by Gasteiger charge is 2.42. The number of benzene rings is 1. The zero-order valence-corrected chi connectivity index (χ0v) is 15.4. The summed E-state index contributed by atoms with van der Waals surface area (Å²) in [6, 6.07) is 9.97. The first kappa shape index (κ1) is 16.7. The normalized spacial score (nSPS) is 22.0. The third-order valence-electron chi connectivity index (χ3n) is 4.73. The quantitative estimate of drug-likeness (QED) is 0.804. The summed E-state index contributed by atoms with van der Waals surface area (Å²) >= 11 is 1.53. The van der Waals surface area contributed by atoms with Crippen molar-refractivity contribution >= 4 is 27.1 Å². The predicted molar refractivity (Wildman–Crippen MR) is 98.2 cm³/mol. The molecule has 1 atom stereocenters. The second-order valence-electron chi connectivity index (χ2n) is 6.78. The van der Waals surface area contributed by atoms with Crippen molar-refractivity contribution in [2.24, 2.45) is 0 Å². The Labute approximate surface area is 151 Å². The van der Waals surface area contributed by atoms with Crippen molar-refractivity contribution in [2.75, 3.05) is 11.5 Å². The van der Waals surface area contributed by atoms with E-state index in [2.05, 4.69) is 4.98 Å². The Morgan fingerprint density at radius 3 is 2.56 bits per heavy atom. The monoisotopic (exact) mass is 376 g/mol. The molecule has 4 rings (SSSR count). The van der Waals surface area contributed by atoms with Gasteiger partial charge in [0.05, 0.1) is 23.6 Å². The van der Waals surface area contributed by atoms with E-state index in [4.69, 9.17) is 0 Å². The highest BCUT2D eigenvalue weighted by atomic mass is 32.2. The fourth-order valence-corrected chi connectivity index (χ4v) is 5.94. The number of nitrogens with zero attached hydrogens (tertiary/aromatic N) is 2. The van der Waals surface area contributed by atoms with Gasteiger partial charge < -0.3 is 4.90 Å². The molecule has 1 saturated carbocycles. The predicted octanol–water partition coefficient (Wildman–Crippen LogP) is 2.53. The molecular formula is C18H20N2O3S2. The van der Waals surface area contributed by atoms with Gasteiger partial charge in [0.25, 0.3) is 0 Å². The number of sulfone groups is 1. The van der Waals surface area contributed by atoms with Crippen LogP contribution in [-0.4, -0.2) is 47.8 Å². The van der Waals surface area contributed by atoms with Crippen LogP contribution in [0.1, 0.15) is 25.0 Å². The summed E-state index contributed by atoms with van der Waals surface area (Å²) in [5, 5.41) is 2.83. The van der Waals surface area contributed by atoms with Crippen molar-refractivity contribution in [1.29, 1.82) is 0 Å². The van der Waals surface area contributed by atoms with Gasteiger partial charge in [-0.25, -0.2) is 13.4 Å². The van der Waals surface area contributed by atoms with E-state index in [-0.39, 0.29) is 35.9 Å². The van der Waals surface area contributed by atoms with E-state index < -0.39 is 9.84 Å². The molecule has 7 heteroatoms. The van der Waals surface area contributed by atoms with Gasteiger partial charge in [0, 0.05) is 23.0 Å². The molecule has 2 heterocycles. The summed E-state index contributed by atoms with van der Waals surface area (Å²) in [5.41, 5.74) is 1.81. The molecule has 132 valence electrons. The lowest BCUT2D eigenvalue weighted by Gasteiger charge is -2.28. The average molecular weight is 377 g/mol. The lowest BCUT2D eigenvalue weighted by molar-refractivity contribution is -0.133. The van der Waals surface area contributed by atoms with E-state index in [1.165, 1.54) is 11.3 Å². The Balaban J connectivity index is 1.48. The molecule has 1 aliphatic heterocycles. The molecule has 0 N–H and O–H groups in total. The van der Waals surface area contributed by atoms with E-state index in [0.717, 1.165) is 29.1 Å². The van der Waals surface area contributed by atoms with Gasteiger partial charge in [-0.2, -0.15) is 0 Å². The van der Waals surface area contributed by atoms with Crippen molar-refractivity contribution in [2.45, 2.75) is 37.8 Å². The van der Waals surface area contributed by atoms with Crippen LogP contribution in [0, 0.1) is 0 Å². The molecule has 2 fully saturated rings. The summed E-state index contributed by atoms with van der Waals surface area (Å²) in [4.78, 5) is 19.3. The number of thiazole rings is 1. The zero-order valence-electron chi connectivity index (χ0n) is 13.8. The van der Waals surface area contributed by atoms with E-state index in [1.807, 2.05) is 40.6 Å². The maximum Gasteiger partial charge on any atom is 0.229 e. The largest absolute Gasteiger partial charge is 0.335 e. The summed E-state index contributed by atoms with van der Waals surface area (Å²) < 4.78 is 23.6. The van der Waals surface area contributed by atoms with Crippen LogP contribution in [0.5, 0.6) is 0 Å². The summed E-state index contributed by atoms with van der Waals surface area (Å²) in [7, 11) is -2.99. The highest BCUT2D eigenvalue weighted by molar-refractivity contribution is 7.91. The number of hydrogen-bond acceptors (Lipinski definition) is 5. The lowest BCUT2D eigenvalue weighted by atomic mass is 10.2. The number of hydrogen-bond donors (Lipinski definition) is 0. The Morgan fingerprint density at radius 1 is 1.16 bits per heavy atom. The second-order valence-corrected chi connectivity index (χ2v) is 9.86. The molecule has 2 aromatic rings. The molecule has 1 aromatic heterocycles. The SMILES string of the molecule is O=C(Cc1csc(-c2ccccc2)n1)N(C1CC1)C1CCS(=O)(=O)C1. The smallest absolute Gasteiger partial charge is 0.229 e. The summed E-state index contributed by atoms with van der Waals surface area (Å²) in [6.45, 7) is 0. The van der Waals surface area contributed by atoms with Crippen LogP contribution >= 0.6 is 11.3 Å². The van der Waals surface area contributed by atoms with Gasteiger partial charge in [-0.05, 0) is 19.3 Å². The molecule has 0 bridgehead atoms. The van der Waals surface area contributed by atoms with Gasteiger partial charge in [0.1, 0.15) is 5.01 Å². The minimum Gasteiger partial charge on any atom is -0.335 e. The Morgan fingerprint density at radius 2 is 1.92 bits per heavy atom. The van der Waals surface area contributed by atoms with Gasteiger partial charge in [-0.3, -0.25) is 4.79 Å². The maximum absolute atomic E-state index is 12.8. The van der Waals surface area contributed by atoms with Gasteiger partial charge in [-0.1, -0.05) is 30.3 Å². The maximum atomic E-state index is 12.8. The lowest BCUT2D eigenvalue weighted by Crippen LogP contribution is -2.43. The van der Waals surface area contributed by atoms with Gasteiger partial charge >= 0.3 is 0 Å². The van der Waals surface area contributed by atoms with Gasteiger partial charge in [0.15, 0.2) is 9.84 Å². The topological polar surface area (TPSA) is 67.3 Å². The van der Waals surface area contributed by atoms with Crippen molar-refractivity contribution in [1.82, 2.24) is 9.88 Å². The molecule has 1 aromatic carbocycles. The summed E-state index contributed by atoms with van der Waals surface area (Å²) in [5.74, 6) is 0.319. The van der Waals surface area contributed by atoms with Crippen LogP contribution in [0.4, 0.5) is 0 Å². The van der Waals surface area contributed by atoms with Crippen LogP contribution in [0.2, 0.25) is 0 Å². The first-order valence-corrected chi connectivity index (χ1v) is 11.2. The highest BCUT2D eigenvalue weighted by Crippen LogP contribution is 2.33. The Kier molecular flexibility index (Phi) is 4.37. The Hall–Kier alpha value is -1.73. The molecule has 1 unspecified atom stereocenters. The van der Waals surface area contributed by atoms with Crippen LogP contribution < -0.4 is 0 Å². The number of amides is 1. The molecule has 0 spiro atoms. The molecule has 0 radical (unpaired) electrons. The number of carbonyl (C=O) groups excluding carboxylic acids is 1. The third kappa shape index (κ3) is 3.77. The van der Waals surface area contributed by atoms with Crippen LogP contribution in [0.15, 0.2) is 35.7 Å². The molecule has 2 aliphatic rings. The molecule has 1 aliphatic carbocycles. The van der Waals surface area contributed by atoms with Crippen molar-refractivity contribution in [3.05, 3.63) is 41.4 Å². The van der Waals surface area contributed by atoms with Crippen molar-refractivity contribution in [3.63, 3.8) is 0 Å². The molecule has 1 amide bonds. The number of rotatable bonds is 5. The fraction of sp³-hybridized carbons (Fsp3) is 0.444. The Bertz CT molecular complexity index is 873. The third-order valence-corrected chi connectivity index (χ3v) is 7.43. The fourth-order valence-electron chi connectivity index (χ4n) is 3.40. The average Bonchev–Trinajstić information content (AvgIpc) is 3.19. The van der Waals surface area contributed by atoms with Crippen LogP contribution in [0.25, 0.3) is 10.6 Å². The second kappa shape index (κ2) is 6.53. The van der Waals surface area contributed by atoms with Crippen molar-refractivity contribution in [3.8, 4) is 10.6 Å². The van der Waals surface area contributed by atoms with E-state index in [0.29, 0.717) is 6.42 Å². The molecule has 1 saturated heterocycles. The first-order valence-electron chi connectivity index (χ1n) is 8.53. The first-order chi connectivity index (χ1) is 12.0. The van der Waals surface area contributed by atoms with E-state index in [9.17, 15) is 13.2 Å². The van der Waals surface area contributed by atoms with E-state index >= 15 is 0 Å². The minimum absolute atomic E-state index is 0.00881. The zero-order chi connectivity index (χ0) is 17.4. The summed E-state index contributed by atoms with van der Waals surface area (Å²) in [6.07, 6.45) is 2.77. The molecular weight excluding hydrogens is 356 g/mol. The molecule has 5 nitrogen and oxygen atoms in total. The van der Waals surface area contributed by atoms with E-state index in [1.54, 1.807) is 0 Å². The van der Waals surface area contributed by atoms with Gasteiger partial charge in [0.2, 0.25) is 5.91 Å². The number of carbonyl (C=O) groups is 1. The van der Waals surface area contributed by atoms with Crippen LogP contribution in [0.3, 0.4) is 0 Å². The standard InChI is InChI=1S/C18H20N2O3S2/c21-17(20(15-6-7-15)16-8-9-25(22,23)12-16)10-14-11-24-18(19-14)13-4-2-1-3-5-13/h1-5,11,15-16H,6-10,12H2. The van der Waals surface area contributed by atoms with Crippen LogP contribution in [-0.2, 0) is 21.1 Å². The number of aromatic nitrogens is 1.